The Labute approximate surface area is 111 Å². The van der Waals surface area contributed by atoms with Gasteiger partial charge in [0.2, 0.25) is 10.0 Å². The van der Waals surface area contributed by atoms with Crippen molar-refractivity contribution < 1.29 is 27.1 Å². The minimum atomic E-state index is -4.00. The first-order valence-electron chi connectivity index (χ1n) is 6.15. The molecule has 112 valence electrons. The molecule has 1 unspecified atom stereocenters. The van der Waals surface area contributed by atoms with Crippen LogP contribution in [0, 0.1) is 5.92 Å². The molecule has 0 aromatic heterocycles. The van der Waals surface area contributed by atoms with Crippen molar-refractivity contribution in [3.05, 3.63) is 0 Å². The van der Waals surface area contributed by atoms with E-state index in [1.807, 2.05) is 0 Å². The van der Waals surface area contributed by atoms with E-state index >= 15 is 0 Å². The van der Waals surface area contributed by atoms with Crippen LogP contribution < -0.4 is 0 Å². The fourth-order valence-electron chi connectivity index (χ4n) is 2.29. The third-order valence-corrected chi connectivity index (χ3v) is 5.39. The maximum absolute atomic E-state index is 13.5. The third-order valence-electron chi connectivity index (χ3n) is 3.30. The van der Waals surface area contributed by atoms with Gasteiger partial charge < -0.3 is 5.11 Å². The molecule has 8 heteroatoms. The second kappa shape index (κ2) is 5.70. The zero-order chi connectivity index (χ0) is 14.8. The van der Waals surface area contributed by atoms with E-state index in [4.69, 9.17) is 5.11 Å². The van der Waals surface area contributed by atoms with Gasteiger partial charge in [0.25, 0.3) is 5.92 Å². The number of sulfonamides is 1. The van der Waals surface area contributed by atoms with Crippen LogP contribution in [0.1, 0.15) is 33.1 Å². The van der Waals surface area contributed by atoms with Crippen LogP contribution in [0.4, 0.5) is 8.78 Å². The molecule has 1 rings (SSSR count). The molecule has 1 aliphatic rings. The van der Waals surface area contributed by atoms with E-state index < -0.39 is 46.2 Å². The Kier molecular flexibility index (Phi) is 4.89. The van der Waals surface area contributed by atoms with E-state index in [0.29, 0.717) is 6.42 Å². The summed E-state index contributed by atoms with van der Waals surface area (Å²) in [6.07, 6.45) is 0.160. The second-order valence-corrected chi connectivity index (χ2v) is 7.13. The van der Waals surface area contributed by atoms with Gasteiger partial charge in [-0.1, -0.05) is 0 Å². The number of hydrogen-bond acceptors (Lipinski definition) is 3. The number of halogens is 2. The van der Waals surface area contributed by atoms with Crippen molar-refractivity contribution in [1.82, 2.24) is 4.31 Å². The smallest absolute Gasteiger partial charge is 0.318 e. The Balaban J connectivity index is 2.86. The summed E-state index contributed by atoms with van der Waals surface area (Å²) in [5, 5.41) is 8.71. The van der Waals surface area contributed by atoms with Gasteiger partial charge in [0, 0.05) is 18.4 Å². The van der Waals surface area contributed by atoms with Gasteiger partial charge in [-0.25, -0.2) is 17.2 Å². The molecule has 0 radical (unpaired) electrons. The van der Waals surface area contributed by atoms with Crippen molar-refractivity contribution in [3.8, 4) is 0 Å². The second-order valence-electron chi connectivity index (χ2n) is 5.16. The number of carbonyl (C=O) groups is 1. The monoisotopic (exact) mass is 299 g/mol. The summed E-state index contributed by atoms with van der Waals surface area (Å²) in [4.78, 5) is 10.7. The first kappa shape index (κ1) is 16.3. The van der Waals surface area contributed by atoms with Crippen molar-refractivity contribution in [1.29, 1.82) is 0 Å². The Hall–Kier alpha value is -0.760. The highest BCUT2D eigenvalue weighted by Crippen LogP contribution is 2.41. The molecule has 1 atom stereocenters. The minimum absolute atomic E-state index is 0.158. The summed E-state index contributed by atoms with van der Waals surface area (Å²) in [5.74, 6) is -6.17. The third kappa shape index (κ3) is 4.10. The summed E-state index contributed by atoms with van der Waals surface area (Å²) in [6.45, 7) is 2.35. The van der Waals surface area contributed by atoms with E-state index in [1.165, 1.54) is 13.8 Å². The highest BCUT2D eigenvalue weighted by atomic mass is 32.2. The average Bonchev–Trinajstić information content (AvgIpc) is 2.53. The molecular formula is C11H19F2NO4S. The first-order valence-corrected chi connectivity index (χ1v) is 7.76. The van der Waals surface area contributed by atoms with Crippen LogP contribution in [0.2, 0.25) is 0 Å². The summed E-state index contributed by atoms with van der Waals surface area (Å²) in [7, 11) is -4.00. The Morgan fingerprint density at radius 3 is 2.42 bits per heavy atom. The van der Waals surface area contributed by atoms with Crippen molar-refractivity contribution in [2.24, 2.45) is 5.92 Å². The molecule has 0 aliphatic heterocycles. The van der Waals surface area contributed by atoms with Crippen molar-refractivity contribution in [2.45, 2.75) is 45.1 Å². The zero-order valence-electron chi connectivity index (χ0n) is 11.0. The van der Waals surface area contributed by atoms with Gasteiger partial charge in [-0.05, 0) is 26.7 Å². The van der Waals surface area contributed by atoms with Gasteiger partial charge in [-0.2, -0.15) is 4.31 Å². The van der Waals surface area contributed by atoms with Crippen molar-refractivity contribution in [2.75, 3.05) is 12.3 Å². The summed E-state index contributed by atoms with van der Waals surface area (Å²) in [6, 6.07) is -0.573. The van der Waals surface area contributed by atoms with E-state index in [0.717, 1.165) is 4.31 Å². The number of aliphatic carboxylic acids is 1. The number of rotatable bonds is 6. The lowest BCUT2D eigenvalue weighted by Crippen LogP contribution is -2.44. The molecular weight excluding hydrogens is 280 g/mol. The molecule has 0 bridgehead atoms. The standard InChI is InChI=1S/C11H19F2NO4S/c1-8(2)14(6-10(15)16)19(17,18)7-9-4-3-5-11(9,12)13/h8-9H,3-7H2,1-2H3,(H,15,16). The predicted octanol–water partition coefficient (Wildman–Crippen LogP) is 1.55. The van der Waals surface area contributed by atoms with Crippen LogP contribution >= 0.6 is 0 Å². The highest BCUT2D eigenvalue weighted by Gasteiger charge is 2.46. The number of nitrogens with zero attached hydrogens (tertiary/aromatic N) is 1. The van der Waals surface area contributed by atoms with Gasteiger partial charge >= 0.3 is 5.97 Å². The van der Waals surface area contributed by atoms with Crippen LogP contribution in [0.15, 0.2) is 0 Å². The van der Waals surface area contributed by atoms with E-state index in [-0.39, 0.29) is 12.8 Å². The summed E-state index contributed by atoms with van der Waals surface area (Å²) in [5.41, 5.74) is 0. The van der Waals surface area contributed by atoms with Crippen LogP contribution in [0.5, 0.6) is 0 Å². The lowest BCUT2D eigenvalue weighted by molar-refractivity contribution is -0.137. The fourth-order valence-corrected chi connectivity index (χ4v) is 4.35. The highest BCUT2D eigenvalue weighted by molar-refractivity contribution is 7.89. The molecule has 0 spiro atoms. The molecule has 0 saturated heterocycles. The van der Waals surface area contributed by atoms with E-state index in [2.05, 4.69) is 0 Å². The number of carboxylic acid groups (broad SMARTS) is 1. The molecule has 1 aliphatic carbocycles. The van der Waals surface area contributed by atoms with Crippen molar-refractivity contribution >= 4 is 16.0 Å². The molecule has 1 N–H and O–H groups in total. The number of hydrogen-bond donors (Lipinski definition) is 1. The SMILES string of the molecule is CC(C)N(CC(=O)O)S(=O)(=O)CC1CCCC1(F)F. The molecule has 0 aromatic rings. The molecule has 1 fully saturated rings. The maximum Gasteiger partial charge on any atom is 0.318 e. The van der Waals surface area contributed by atoms with Crippen LogP contribution in [-0.2, 0) is 14.8 Å². The molecule has 5 nitrogen and oxygen atoms in total. The normalized spacial score (nSPS) is 23.2. The number of alkyl halides is 2. The average molecular weight is 299 g/mol. The molecule has 19 heavy (non-hydrogen) atoms. The summed E-state index contributed by atoms with van der Waals surface area (Å²) >= 11 is 0. The Bertz CT molecular complexity index is 436. The molecule has 0 aromatic carbocycles. The largest absolute Gasteiger partial charge is 0.480 e. The van der Waals surface area contributed by atoms with Gasteiger partial charge in [-0.3, -0.25) is 4.79 Å². The first-order chi connectivity index (χ1) is 8.56. The Morgan fingerprint density at radius 1 is 1.47 bits per heavy atom. The fraction of sp³-hybridized carbons (Fsp3) is 0.909. The molecule has 1 saturated carbocycles. The lowest BCUT2D eigenvalue weighted by Gasteiger charge is -2.27. The predicted molar refractivity (Wildman–Crippen MR) is 65.6 cm³/mol. The van der Waals surface area contributed by atoms with Gasteiger partial charge in [0.05, 0.1) is 5.75 Å². The van der Waals surface area contributed by atoms with Crippen LogP contribution in [0.3, 0.4) is 0 Å². The lowest BCUT2D eigenvalue weighted by atomic mass is 10.1. The topological polar surface area (TPSA) is 74.7 Å². The molecule has 0 amide bonds. The summed E-state index contributed by atoms with van der Waals surface area (Å²) < 4.78 is 51.9. The quantitative estimate of drug-likeness (QED) is 0.807. The number of carboxylic acids is 1. The zero-order valence-corrected chi connectivity index (χ0v) is 11.8. The maximum atomic E-state index is 13.5. The van der Waals surface area contributed by atoms with Crippen molar-refractivity contribution in [3.63, 3.8) is 0 Å². The molecule has 0 heterocycles. The van der Waals surface area contributed by atoms with Crippen LogP contribution in [0.25, 0.3) is 0 Å². The van der Waals surface area contributed by atoms with E-state index in [9.17, 15) is 22.0 Å². The van der Waals surface area contributed by atoms with E-state index in [1.54, 1.807) is 0 Å². The van der Waals surface area contributed by atoms with Crippen LogP contribution in [-0.4, -0.2) is 48.1 Å². The van der Waals surface area contributed by atoms with Gasteiger partial charge in [0.1, 0.15) is 6.54 Å². The Morgan fingerprint density at radius 2 is 2.05 bits per heavy atom. The minimum Gasteiger partial charge on any atom is -0.480 e. The van der Waals surface area contributed by atoms with Gasteiger partial charge in [0.15, 0.2) is 0 Å². The van der Waals surface area contributed by atoms with Gasteiger partial charge in [-0.15, -0.1) is 0 Å².